The molecule has 4 heteroatoms. The highest BCUT2D eigenvalue weighted by Gasteiger charge is 2.45. The Morgan fingerprint density at radius 1 is 1.35 bits per heavy atom. The van der Waals surface area contributed by atoms with Crippen LogP contribution < -0.4 is 5.73 Å². The predicted molar refractivity (Wildman–Crippen MR) is 77.1 cm³/mol. The van der Waals surface area contributed by atoms with E-state index in [9.17, 15) is 4.79 Å². The molecule has 1 aromatic carbocycles. The maximum atomic E-state index is 12.7. The van der Waals surface area contributed by atoms with Crippen molar-refractivity contribution in [1.82, 2.24) is 4.90 Å². The van der Waals surface area contributed by atoms with Crippen LogP contribution in [0.5, 0.6) is 0 Å². The summed E-state index contributed by atoms with van der Waals surface area (Å²) in [5.74, 6) is 0.232. The summed E-state index contributed by atoms with van der Waals surface area (Å²) in [6.07, 6.45) is 2.99. The van der Waals surface area contributed by atoms with E-state index >= 15 is 0 Å². The molecule has 0 spiro atoms. The Hall–Kier alpha value is -1.39. The zero-order chi connectivity index (χ0) is 14.0. The van der Waals surface area contributed by atoms with Crippen molar-refractivity contribution in [3.05, 3.63) is 35.9 Å². The second-order valence-electron chi connectivity index (χ2n) is 5.86. The molecular formula is C16H22N2O2. The minimum Gasteiger partial charge on any atom is -0.370 e. The summed E-state index contributed by atoms with van der Waals surface area (Å²) < 4.78 is 5.82. The Kier molecular flexibility index (Phi) is 3.76. The molecule has 0 radical (unpaired) electrons. The van der Waals surface area contributed by atoms with Gasteiger partial charge in [0.1, 0.15) is 6.10 Å². The van der Waals surface area contributed by atoms with Gasteiger partial charge in [-0.3, -0.25) is 4.79 Å². The van der Waals surface area contributed by atoms with E-state index < -0.39 is 0 Å². The number of carbonyl (C=O) groups is 1. The number of morpholine rings is 1. The molecule has 1 amide bonds. The number of rotatable bonds is 3. The van der Waals surface area contributed by atoms with E-state index in [1.807, 2.05) is 23.1 Å². The standard InChI is InChI=1S/C16H22N2O2/c17-12-16(7-4-8-16)15(19)18-9-10-20-14(11-18)13-5-2-1-3-6-13/h1-3,5-6,14H,4,7-12,17H2. The van der Waals surface area contributed by atoms with Crippen LogP contribution in [0, 0.1) is 5.41 Å². The number of amides is 1. The first-order chi connectivity index (χ1) is 9.75. The third-order valence-electron chi connectivity index (χ3n) is 4.68. The maximum absolute atomic E-state index is 12.7. The second-order valence-corrected chi connectivity index (χ2v) is 5.86. The van der Waals surface area contributed by atoms with E-state index in [0.29, 0.717) is 26.2 Å². The van der Waals surface area contributed by atoms with Crippen molar-refractivity contribution < 1.29 is 9.53 Å². The van der Waals surface area contributed by atoms with Crippen molar-refractivity contribution in [2.75, 3.05) is 26.2 Å². The Bertz CT molecular complexity index is 465. The van der Waals surface area contributed by atoms with Gasteiger partial charge < -0.3 is 15.4 Å². The van der Waals surface area contributed by atoms with Crippen LogP contribution in [-0.2, 0) is 9.53 Å². The molecule has 1 atom stereocenters. The normalized spacial score (nSPS) is 25.1. The van der Waals surface area contributed by atoms with E-state index in [-0.39, 0.29) is 17.4 Å². The molecule has 3 rings (SSSR count). The van der Waals surface area contributed by atoms with Crippen LogP contribution >= 0.6 is 0 Å². The van der Waals surface area contributed by atoms with Crippen molar-refractivity contribution in [2.45, 2.75) is 25.4 Å². The molecule has 0 aromatic heterocycles. The fourth-order valence-electron chi connectivity index (χ4n) is 3.15. The van der Waals surface area contributed by atoms with Gasteiger partial charge in [-0.1, -0.05) is 36.8 Å². The quantitative estimate of drug-likeness (QED) is 0.913. The number of nitrogens with two attached hydrogens (primary N) is 1. The van der Waals surface area contributed by atoms with E-state index in [4.69, 9.17) is 10.5 Å². The smallest absolute Gasteiger partial charge is 0.230 e. The summed E-state index contributed by atoms with van der Waals surface area (Å²) >= 11 is 0. The van der Waals surface area contributed by atoms with Gasteiger partial charge in [0.15, 0.2) is 0 Å². The molecule has 20 heavy (non-hydrogen) atoms. The van der Waals surface area contributed by atoms with Gasteiger partial charge in [-0.05, 0) is 18.4 Å². The molecule has 1 aliphatic heterocycles. The Labute approximate surface area is 119 Å². The van der Waals surface area contributed by atoms with Gasteiger partial charge in [0, 0.05) is 13.1 Å². The van der Waals surface area contributed by atoms with E-state index in [2.05, 4.69) is 12.1 Å². The fraction of sp³-hybridized carbons (Fsp3) is 0.562. The molecule has 1 saturated carbocycles. The van der Waals surface area contributed by atoms with Gasteiger partial charge in [0.25, 0.3) is 0 Å². The van der Waals surface area contributed by atoms with E-state index in [1.165, 1.54) is 0 Å². The third-order valence-corrected chi connectivity index (χ3v) is 4.68. The highest BCUT2D eigenvalue weighted by atomic mass is 16.5. The number of ether oxygens (including phenoxy) is 1. The number of carbonyl (C=O) groups excluding carboxylic acids is 1. The summed E-state index contributed by atoms with van der Waals surface area (Å²) in [5.41, 5.74) is 6.70. The summed E-state index contributed by atoms with van der Waals surface area (Å²) in [4.78, 5) is 14.7. The van der Waals surface area contributed by atoms with Crippen molar-refractivity contribution in [1.29, 1.82) is 0 Å². The highest BCUT2D eigenvalue weighted by molar-refractivity contribution is 5.84. The molecular weight excluding hydrogens is 252 g/mol. The van der Waals surface area contributed by atoms with E-state index in [0.717, 1.165) is 24.8 Å². The summed E-state index contributed by atoms with van der Waals surface area (Å²) in [7, 11) is 0. The Balaban J connectivity index is 1.71. The molecule has 1 saturated heterocycles. The van der Waals surface area contributed by atoms with Gasteiger partial charge >= 0.3 is 0 Å². The van der Waals surface area contributed by atoms with Crippen LogP contribution in [0.15, 0.2) is 30.3 Å². The minimum atomic E-state index is -0.279. The van der Waals surface area contributed by atoms with Gasteiger partial charge in [-0.15, -0.1) is 0 Å². The van der Waals surface area contributed by atoms with Gasteiger partial charge in [0.05, 0.1) is 18.6 Å². The van der Waals surface area contributed by atoms with Crippen LogP contribution in [0.4, 0.5) is 0 Å². The lowest BCUT2D eigenvalue weighted by Gasteiger charge is -2.44. The molecule has 1 unspecified atom stereocenters. The van der Waals surface area contributed by atoms with Crippen LogP contribution in [0.25, 0.3) is 0 Å². The monoisotopic (exact) mass is 274 g/mol. The molecule has 108 valence electrons. The fourth-order valence-corrected chi connectivity index (χ4v) is 3.15. The van der Waals surface area contributed by atoms with Gasteiger partial charge in [0.2, 0.25) is 5.91 Å². The molecule has 1 aromatic rings. The Morgan fingerprint density at radius 2 is 2.10 bits per heavy atom. The average molecular weight is 274 g/mol. The predicted octanol–water partition coefficient (Wildman–Crippen LogP) is 1.72. The molecule has 4 nitrogen and oxygen atoms in total. The second kappa shape index (κ2) is 5.54. The van der Waals surface area contributed by atoms with Crippen molar-refractivity contribution in [3.8, 4) is 0 Å². The lowest BCUT2D eigenvalue weighted by atomic mass is 9.67. The average Bonchev–Trinajstić information content (AvgIpc) is 2.48. The largest absolute Gasteiger partial charge is 0.370 e. The third kappa shape index (κ3) is 2.34. The number of nitrogens with zero attached hydrogens (tertiary/aromatic N) is 1. The Morgan fingerprint density at radius 3 is 2.70 bits per heavy atom. The number of benzene rings is 1. The minimum absolute atomic E-state index is 0.0104. The van der Waals surface area contributed by atoms with Crippen LogP contribution in [0.1, 0.15) is 30.9 Å². The maximum Gasteiger partial charge on any atom is 0.230 e. The van der Waals surface area contributed by atoms with Gasteiger partial charge in [-0.25, -0.2) is 0 Å². The number of hydrogen-bond acceptors (Lipinski definition) is 3. The van der Waals surface area contributed by atoms with Gasteiger partial charge in [-0.2, -0.15) is 0 Å². The van der Waals surface area contributed by atoms with Crippen molar-refractivity contribution in [2.24, 2.45) is 11.1 Å². The highest BCUT2D eigenvalue weighted by Crippen LogP contribution is 2.42. The summed E-state index contributed by atoms with van der Waals surface area (Å²) in [6.45, 7) is 2.40. The molecule has 2 fully saturated rings. The van der Waals surface area contributed by atoms with Crippen LogP contribution in [-0.4, -0.2) is 37.0 Å². The molecule has 0 bridgehead atoms. The topological polar surface area (TPSA) is 55.6 Å². The number of hydrogen-bond donors (Lipinski definition) is 1. The van der Waals surface area contributed by atoms with Crippen LogP contribution in [0.3, 0.4) is 0 Å². The molecule has 2 aliphatic rings. The first kappa shape index (κ1) is 13.6. The van der Waals surface area contributed by atoms with Crippen molar-refractivity contribution in [3.63, 3.8) is 0 Å². The summed E-state index contributed by atoms with van der Waals surface area (Å²) in [6, 6.07) is 10.1. The SMILES string of the molecule is NCC1(C(=O)N2CCOC(c3ccccc3)C2)CCC1. The lowest BCUT2D eigenvalue weighted by molar-refractivity contribution is -0.154. The van der Waals surface area contributed by atoms with Crippen LogP contribution in [0.2, 0.25) is 0 Å². The zero-order valence-corrected chi connectivity index (χ0v) is 11.8. The molecule has 1 aliphatic carbocycles. The molecule has 1 heterocycles. The zero-order valence-electron chi connectivity index (χ0n) is 11.8. The molecule has 2 N–H and O–H groups in total. The first-order valence-electron chi connectivity index (χ1n) is 7.41. The van der Waals surface area contributed by atoms with Crippen molar-refractivity contribution >= 4 is 5.91 Å². The van der Waals surface area contributed by atoms with E-state index in [1.54, 1.807) is 0 Å². The lowest BCUT2D eigenvalue weighted by Crippen LogP contribution is -2.54. The first-order valence-corrected chi connectivity index (χ1v) is 7.41. The summed E-state index contributed by atoms with van der Waals surface area (Å²) in [5, 5.41) is 0.